The van der Waals surface area contributed by atoms with Crippen LogP contribution >= 0.6 is 11.3 Å². The number of fused-ring (bicyclic) bond motifs is 1. The predicted molar refractivity (Wildman–Crippen MR) is 99.2 cm³/mol. The molecule has 0 radical (unpaired) electrons. The standard InChI is InChI=1S/C19H20N2O3S/c1-3-21-18-15(23-2)10-7-11-16(18)25-19(21)20-17(22)12-13-24-14-8-5-4-6-9-14/h4-11H,3,12-13H2,1-2H3. The molecule has 0 aliphatic carbocycles. The van der Waals surface area contributed by atoms with Gasteiger partial charge in [0.25, 0.3) is 5.91 Å². The third-order valence-electron chi connectivity index (χ3n) is 3.75. The van der Waals surface area contributed by atoms with Gasteiger partial charge in [0, 0.05) is 6.54 Å². The largest absolute Gasteiger partial charge is 0.495 e. The van der Waals surface area contributed by atoms with E-state index in [-0.39, 0.29) is 12.3 Å². The summed E-state index contributed by atoms with van der Waals surface area (Å²) in [6, 6.07) is 15.3. The van der Waals surface area contributed by atoms with Crippen molar-refractivity contribution in [3.8, 4) is 11.5 Å². The minimum atomic E-state index is -0.191. The number of benzene rings is 2. The summed E-state index contributed by atoms with van der Waals surface area (Å²) < 4.78 is 14.1. The van der Waals surface area contributed by atoms with Crippen LogP contribution in [-0.4, -0.2) is 24.2 Å². The van der Waals surface area contributed by atoms with Crippen LogP contribution in [-0.2, 0) is 11.3 Å². The molecule has 0 atom stereocenters. The summed E-state index contributed by atoms with van der Waals surface area (Å²) in [5.74, 6) is 1.35. The molecule has 0 N–H and O–H groups in total. The zero-order chi connectivity index (χ0) is 17.6. The number of thiazole rings is 1. The van der Waals surface area contributed by atoms with Crippen molar-refractivity contribution in [2.45, 2.75) is 19.9 Å². The molecule has 1 heterocycles. The van der Waals surface area contributed by atoms with Gasteiger partial charge in [-0.05, 0) is 31.2 Å². The normalized spacial score (nSPS) is 11.7. The molecular weight excluding hydrogens is 336 g/mol. The fourth-order valence-corrected chi connectivity index (χ4v) is 3.71. The molecule has 1 aromatic heterocycles. The number of hydrogen-bond donors (Lipinski definition) is 0. The number of hydrogen-bond acceptors (Lipinski definition) is 4. The fraction of sp³-hybridized carbons (Fsp3) is 0.263. The maximum absolute atomic E-state index is 12.2. The number of ether oxygens (including phenoxy) is 2. The molecule has 0 unspecified atom stereocenters. The average Bonchev–Trinajstić information content (AvgIpc) is 2.99. The minimum absolute atomic E-state index is 0.191. The van der Waals surface area contributed by atoms with Crippen molar-refractivity contribution in [2.75, 3.05) is 13.7 Å². The Labute approximate surface area is 150 Å². The van der Waals surface area contributed by atoms with Crippen molar-refractivity contribution in [1.82, 2.24) is 4.57 Å². The Morgan fingerprint density at radius 2 is 1.96 bits per heavy atom. The van der Waals surface area contributed by atoms with Crippen LogP contribution in [0, 0.1) is 0 Å². The maximum Gasteiger partial charge on any atom is 0.251 e. The quantitative estimate of drug-likeness (QED) is 0.678. The molecule has 3 rings (SSSR count). The highest BCUT2D eigenvalue weighted by molar-refractivity contribution is 7.16. The molecule has 25 heavy (non-hydrogen) atoms. The molecule has 0 aliphatic heterocycles. The number of aromatic nitrogens is 1. The van der Waals surface area contributed by atoms with Gasteiger partial charge in [-0.1, -0.05) is 35.6 Å². The molecule has 0 fully saturated rings. The first-order valence-electron chi connectivity index (χ1n) is 8.14. The van der Waals surface area contributed by atoms with Crippen LogP contribution < -0.4 is 14.3 Å². The zero-order valence-electron chi connectivity index (χ0n) is 14.3. The Morgan fingerprint density at radius 3 is 2.68 bits per heavy atom. The van der Waals surface area contributed by atoms with E-state index < -0.39 is 0 Å². The summed E-state index contributed by atoms with van der Waals surface area (Å²) in [6.07, 6.45) is 0.240. The van der Waals surface area contributed by atoms with Gasteiger partial charge >= 0.3 is 0 Å². The van der Waals surface area contributed by atoms with E-state index in [1.165, 1.54) is 11.3 Å². The SMILES string of the molecule is CCn1c(=NC(=O)CCOc2ccccc2)sc2cccc(OC)c21. The van der Waals surface area contributed by atoms with Crippen molar-refractivity contribution in [3.63, 3.8) is 0 Å². The van der Waals surface area contributed by atoms with Gasteiger partial charge in [-0.15, -0.1) is 0 Å². The summed E-state index contributed by atoms with van der Waals surface area (Å²) in [5.41, 5.74) is 0.976. The third-order valence-corrected chi connectivity index (χ3v) is 4.79. The molecule has 1 amide bonds. The smallest absolute Gasteiger partial charge is 0.251 e. The van der Waals surface area contributed by atoms with E-state index in [9.17, 15) is 4.79 Å². The van der Waals surface area contributed by atoms with Crippen LogP contribution in [0.4, 0.5) is 0 Å². The number of aryl methyl sites for hydroxylation is 1. The molecule has 0 saturated carbocycles. The first-order valence-corrected chi connectivity index (χ1v) is 8.96. The number of nitrogens with zero attached hydrogens (tertiary/aromatic N) is 2. The van der Waals surface area contributed by atoms with Gasteiger partial charge in [0.2, 0.25) is 0 Å². The van der Waals surface area contributed by atoms with Crippen molar-refractivity contribution in [3.05, 3.63) is 53.3 Å². The number of amides is 1. The van der Waals surface area contributed by atoms with Crippen molar-refractivity contribution >= 4 is 27.5 Å². The number of methoxy groups -OCH3 is 1. The van der Waals surface area contributed by atoms with E-state index in [1.54, 1.807) is 7.11 Å². The monoisotopic (exact) mass is 356 g/mol. The molecule has 3 aromatic rings. The second-order valence-corrected chi connectivity index (χ2v) is 6.36. The van der Waals surface area contributed by atoms with Crippen LogP contribution in [0.2, 0.25) is 0 Å². The Morgan fingerprint density at radius 1 is 1.16 bits per heavy atom. The van der Waals surface area contributed by atoms with Gasteiger partial charge in [0.05, 0.1) is 24.8 Å². The lowest BCUT2D eigenvalue weighted by molar-refractivity contribution is -0.118. The summed E-state index contributed by atoms with van der Waals surface area (Å²) >= 11 is 1.49. The molecule has 5 nitrogen and oxygen atoms in total. The molecule has 6 heteroatoms. The third kappa shape index (κ3) is 3.91. The van der Waals surface area contributed by atoms with Crippen molar-refractivity contribution in [1.29, 1.82) is 0 Å². The number of carbonyl (C=O) groups excluding carboxylic acids is 1. The summed E-state index contributed by atoms with van der Waals surface area (Å²) in [4.78, 5) is 17.2. The van der Waals surface area contributed by atoms with Crippen LogP contribution in [0.15, 0.2) is 53.5 Å². The number of rotatable bonds is 6. The molecule has 130 valence electrons. The summed E-state index contributed by atoms with van der Waals surface area (Å²) in [7, 11) is 1.65. The Balaban J connectivity index is 1.79. The lowest BCUT2D eigenvalue weighted by Crippen LogP contribution is -2.17. The first kappa shape index (κ1) is 17.2. The minimum Gasteiger partial charge on any atom is -0.495 e. The second kappa shape index (κ2) is 7.98. The second-order valence-electron chi connectivity index (χ2n) is 5.35. The van der Waals surface area contributed by atoms with Gasteiger partial charge in [-0.25, -0.2) is 0 Å². The van der Waals surface area contributed by atoms with Crippen LogP contribution in [0.5, 0.6) is 11.5 Å². The van der Waals surface area contributed by atoms with Gasteiger partial charge in [0.15, 0.2) is 4.80 Å². The Hall–Kier alpha value is -2.60. The zero-order valence-corrected chi connectivity index (χ0v) is 15.1. The van der Waals surface area contributed by atoms with Crippen LogP contribution in [0.25, 0.3) is 10.2 Å². The maximum atomic E-state index is 12.2. The molecule has 0 bridgehead atoms. The number of carbonyl (C=O) groups is 1. The van der Waals surface area contributed by atoms with E-state index >= 15 is 0 Å². The number of para-hydroxylation sites is 2. The first-order chi connectivity index (χ1) is 12.2. The summed E-state index contributed by atoms with van der Waals surface area (Å²) in [6.45, 7) is 3.06. The molecule has 0 spiro atoms. The van der Waals surface area contributed by atoms with Crippen molar-refractivity contribution < 1.29 is 14.3 Å². The van der Waals surface area contributed by atoms with Gasteiger partial charge in [-0.2, -0.15) is 4.99 Å². The van der Waals surface area contributed by atoms with E-state index in [0.29, 0.717) is 18.0 Å². The highest BCUT2D eigenvalue weighted by Crippen LogP contribution is 2.27. The lowest BCUT2D eigenvalue weighted by Gasteiger charge is -2.05. The Bertz CT molecular complexity index is 929. The van der Waals surface area contributed by atoms with Crippen LogP contribution in [0.1, 0.15) is 13.3 Å². The molecule has 0 saturated heterocycles. The highest BCUT2D eigenvalue weighted by atomic mass is 32.1. The molecular formula is C19H20N2O3S. The highest BCUT2D eigenvalue weighted by Gasteiger charge is 2.11. The average molecular weight is 356 g/mol. The Kier molecular flexibility index (Phi) is 5.50. The van der Waals surface area contributed by atoms with E-state index in [1.807, 2.05) is 60.0 Å². The fourth-order valence-electron chi connectivity index (χ4n) is 2.58. The predicted octanol–water partition coefficient (Wildman–Crippen LogP) is 3.63. The van der Waals surface area contributed by atoms with Crippen LogP contribution in [0.3, 0.4) is 0 Å². The van der Waals surface area contributed by atoms with E-state index in [0.717, 1.165) is 21.7 Å². The molecule has 2 aromatic carbocycles. The van der Waals surface area contributed by atoms with Gasteiger partial charge < -0.3 is 14.0 Å². The van der Waals surface area contributed by atoms with Gasteiger partial charge in [0.1, 0.15) is 17.0 Å². The lowest BCUT2D eigenvalue weighted by atomic mass is 10.3. The van der Waals surface area contributed by atoms with E-state index in [2.05, 4.69) is 4.99 Å². The molecule has 0 aliphatic rings. The summed E-state index contributed by atoms with van der Waals surface area (Å²) in [5, 5.41) is 0. The van der Waals surface area contributed by atoms with E-state index in [4.69, 9.17) is 9.47 Å². The topological polar surface area (TPSA) is 52.8 Å². The van der Waals surface area contributed by atoms with Gasteiger partial charge in [-0.3, -0.25) is 4.79 Å². The van der Waals surface area contributed by atoms with Crippen molar-refractivity contribution in [2.24, 2.45) is 4.99 Å².